The standard InChI is InChI=1S/C104H82O4Si4/c1-13-37-91(38-14-1)109(92-39-15-2-16-40-92,93-41-17-3-18-42-93)105-87-73-65-83(66-74-87)103(84-67-75-88(76-68-84)106-110(94-43-19-4-20-44-94,95-45-21-5-22-46-95)96-47-23-6-24-48-96)81-61-63-82(64-62-81)104(85-69-77-89(78-70-85)107-111(97-49-25-7-26-50-97,98-51-27-8-28-52-98)99-53-29-9-30-54-99)86-71-79-90(80-72-86)108-112(100-55-31-10-32-56-100,101-57-33-11-34-58-101)102-59-35-12-36-60-102/h1-80,103-104H. The van der Waals surface area contributed by atoms with Crippen LogP contribution in [-0.2, 0) is 0 Å². The van der Waals surface area contributed by atoms with Crippen molar-refractivity contribution < 1.29 is 17.7 Å². The fourth-order valence-electron chi connectivity index (χ4n) is 16.4. The van der Waals surface area contributed by atoms with Crippen molar-refractivity contribution in [3.05, 3.63) is 519 Å². The Hall–Kier alpha value is -13.2. The Labute approximate surface area is 662 Å². The Balaban J connectivity index is 0.789. The first kappa shape index (κ1) is 71.7. The molecule has 0 bridgehead atoms. The summed E-state index contributed by atoms with van der Waals surface area (Å²) in [6.07, 6.45) is 0. The van der Waals surface area contributed by atoms with E-state index in [1.54, 1.807) is 0 Å². The first-order valence-electron chi connectivity index (χ1n) is 38.4. The van der Waals surface area contributed by atoms with Crippen LogP contribution in [0.3, 0.4) is 0 Å². The van der Waals surface area contributed by atoms with E-state index < -0.39 is 33.3 Å². The van der Waals surface area contributed by atoms with Crippen molar-refractivity contribution in [2.75, 3.05) is 0 Å². The zero-order valence-electron chi connectivity index (χ0n) is 62.0. The molecule has 4 nitrogen and oxygen atoms in total. The summed E-state index contributed by atoms with van der Waals surface area (Å²) in [6, 6.07) is 174. The van der Waals surface area contributed by atoms with Crippen LogP contribution in [0.4, 0.5) is 0 Å². The quantitative estimate of drug-likeness (QED) is 0.0400. The molecule has 17 aromatic carbocycles. The molecule has 8 heteroatoms. The molecule has 0 aliphatic carbocycles. The third-order valence-corrected chi connectivity index (χ3v) is 37.6. The van der Waals surface area contributed by atoms with Crippen LogP contribution < -0.4 is 79.9 Å². The predicted molar refractivity (Wildman–Crippen MR) is 473 cm³/mol. The van der Waals surface area contributed by atoms with Crippen molar-refractivity contribution in [3.8, 4) is 23.0 Å². The molecule has 0 atom stereocenters. The summed E-state index contributed by atoms with van der Waals surface area (Å²) in [5, 5.41) is 14.0. The first-order chi connectivity index (χ1) is 55.5. The normalized spacial score (nSPS) is 11.7. The zero-order chi connectivity index (χ0) is 75.3. The second-order valence-electron chi connectivity index (χ2n) is 28.3. The topological polar surface area (TPSA) is 36.9 Å². The van der Waals surface area contributed by atoms with Crippen LogP contribution in [-0.4, -0.2) is 33.3 Å². The second-order valence-corrected chi connectivity index (χ2v) is 41.5. The number of rotatable bonds is 26. The van der Waals surface area contributed by atoms with Crippen LogP contribution >= 0.6 is 0 Å². The van der Waals surface area contributed by atoms with Gasteiger partial charge in [0.25, 0.3) is 0 Å². The highest BCUT2D eigenvalue weighted by molar-refractivity contribution is 7.09. The van der Waals surface area contributed by atoms with Crippen LogP contribution in [0.15, 0.2) is 485 Å². The maximum absolute atomic E-state index is 7.70. The van der Waals surface area contributed by atoms with Crippen LogP contribution in [0.5, 0.6) is 23.0 Å². The van der Waals surface area contributed by atoms with E-state index in [1.165, 1.54) is 62.2 Å². The zero-order valence-corrected chi connectivity index (χ0v) is 66.0. The molecule has 0 aromatic heterocycles. The molecule has 0 amide bonds. The minimum absolute atomic E-state index is 0.214. The summed E-state index contributed by atoms with van der Waals surface area (Å²) in [4.78, 5) is 0. The molecule has 0 fully saturated rings. The van der Waals surface area contributed by atoms with Gasteiger partial charge in [-0.15, -0.1) is 0 Å². The van der Waals surface area contributed by atoms with Crippen molar-refractivity contribution in [1.82, 2.24) is 0 Å². The third kappa shape index (κ3) is 14.4. The average Bonchev–Trinajstić information content (AvgIpc) is 0.801. The van der Waals surface area contributed by atoms with Gasteiger partial charge in [-0.05, 0) is 144 Å². The van der Waals surface area contributed by atoms with Crippen LogP contribution in [0.25, 0.3) is 0 Å². The van der Waals surface area contributed by atoms with Crippen molar-refractivity contribution in [3.63, 3.8) is 0 Å². The maximum atomic E-state index is 7.70. The van der Waals surface area contributed by atoms with E-state index in [1.807, 2.05) is 0 Å². The highest BCUT2D eigenvalue weighted by Gasteiger charge is 2.48. The van der Waals surface area contributed by atoms with Gasteiger partial charge in [0.2, 0.25) is 0 Å². The van der Waals surface area contributed by atoms with E-state index >= 15 is 0 Å². The lowest BCUT2D eigenvalue weighted by Gasteiger charge is -2.34. The number of hydrogen-bond acceptors (Lipinski definition) is 4. The van der Waals surface area contributed by atoms with Gasteiger partial charge in [0.1, 0.15) is 23.0 Å². The Morgan fingerprint density at radius 3 is 0.321 bits per heavy atom. The average molecular weight is 1510 g/mol. The van der Waals surface area contributed by atoms with Gasteiger partial charge in [0.05, 0.1) is 0 Å². The Morgan fingerprint density at radius 2 is 0.214 bits per heavy atom. The molecular weight excluding hydrogens is 1430 g/mol. The summed E-state index contributed by atoms with van der Waals surface area (Å²) in [6.45, 7) is 0. The molecule has 112 heavy (non-hydrogen) atoms. The van der Waals surface area contributed by atoms with Gasteiger partial charge in [-0.25, -0.2) is 0 Å². The van der Waals surface area contributed by atoms with Crippen LogP contribution in [0, 0.1) is 0 Å². The fourth-order valence-corrected chi connectivity index (χ4v) is 31.8. The molecule has 0 aliphatic heterocycles. The molecule has 17 rings (SSSR count). The fraction of sp³-hybridized carbons (Fsp3) is 0.0192. The van der Waals surface area contributed by atoms with Gasteiger partial charge in [-0.2, -0.15) is 0 Å². The minimum Gasteiger partial charge on any atom is -0.530 e. The van der Waals surface area contributed by atoms with Crippen molar-refractivity contribution >= 4 is 95.5 Å². The number of hydrogen-bond donors (Lipinski definition) is 0. The summed E-state index contributed by atoms with van der Waals surface area (Å²) in [5.41, 5.74) is 6.74. The van der Waals surface area contributed by atoms with Crippen molar-refractivity contribution in [1.29, 1.82) is 0 Å². The first-order valence-corrected chi connectivity index (χ1v) is 46.0. The van der Waals surface area contributed by atoms with Gasteiger partial charge in [-0.1, -0.05) is 437 Å². The van der Waals surface area contributed by atoms with Gasteiger partial charge in [0.15, 0.2) is 0 Å². The van der Waals surface area contributed by atoms with E-state index in [-0.39, 0.29) is 11.8 Å². The van der Waals surface area contributed by atoms with E-state index in [0.717, 1.165) is 56.4 Å². The minimum atomic E-state index is -3.14. The molecule has 17 aromatic rings. The van der Waals surface area contributed by atoms with E-state index in [0.29, 0.717) is 0 Å². The van der Waals surface area contributed by atoms with E-state index in [4.69, 9.17) is 17.7 Å². The lowest BCUT2D eigenvalue weighted by atomic mass is 9.81. The largest absolute Gasteiger partial charge is 0.530 e. The van der Waals surface area contributed by atoms with Gasteiger partial charge in [0, 0.05) is 11.8 Å². The van der Waals surface area contributed by atoms with Crippen LogP contribution in [0.2, 0.25) is 0 Å². The molecule has 0 unspecified atom stereocenters. The van der Waals surface area contributed by atoms with Crippen molar-refractivity contribution in [2.24, 2.45) is 0 Å². The monoisotopic (exact) mass is 1510 g/mol. The Morgan fingerprint density at radius 1 is 0.116 bits per heavy atom. The molecule has 0 saturated heterocycles. The molecule has 0 heterocycles. The second kappa shape index (κ2) is 32.9. The molecule has 0 aliphatic rings. The van der Waals surface area contributed by atoms with E-state index in [2.05, 4.69) is 485 Å². The van der Waals surface area contributed by atoms with Crippen LogP contribution in [0.1, 0.15) is 45.2 Å². The lowest BCUT2D eigenvalue weighted by molar-refractivity contribution is 0.575. The highest BCUT2D eigenvalue weighted by Crippen LogP contribution is 2.39. The molecule has 538 valence electrons. The third-order valence-electron chi connectivity index (χ3n) is 21.7. The smallest absolute Gasteiger partial charge is 0.346 e. The highest BCUT2D eigenvalue weighted by atomic mass is 28.4. The summed E-state index contributed by atoms with van der Waals surface area (Å²) in [7, 11) is -12.6. The van der Waals surface area contributed by atoms with Crippen molar-refractivity contribution in [2.45, 2.75) is 11.8 Å². The molecule has 0 spiro atoms. The van der Waals surface area contributed by atoms with Gasteiger partial charge >= 0.3 is 33.3 Å². The summed E-state index contributed by atoms with van der Waals surface area (Å²) in [5.74, 6) is 2.76. The van der Waals surface area contributed by atoms with E-state index in [9.17, 15) is 0 Å². The Bertz CT molecular complexity index is 4700. The SMILES string of the molecule is c1ccc([Si](Oc2ccc(C(c3ccc(O[Si](c4ccccc4)(c4ccccc4)c4ccccc4)cc3)c3ccc(C(c4ccc(O[Si](c5ccccc5)(c5ccccc5)c5ccccc5)cc4)c4ccc(O[Si](c5ccccc5)(c5ccccc5)c5ccccc5)cc4)cc3)cc2)(c2ccccc2)c2ccccc2)cc1. The number of benzene rings is 17. The van der Waals surface area contributed by atoms with Gasteiger partial charge < -0.3 is 17.7 Å². The molecule has 0 N–H and O–H groups in total. The Kier molecular flexibility index (Phi) is 21.1. The maximum Gasteiger partial charge on any atom is 0.346 e. The molecule has 0 radical (unpaired) electrons. The summed E-state index contributed by atoms with van der Waals surface area (Å²) < 4.78 is 30.8. The lowest BCUT2D eigenvalue weighted by Crippen LogP contribution is -2.71. The molecular formula is C104H82O4Si4. The predicted octanol–water partition coefficient (Wildman–Crippen LogP) is 16.2. The summed E-state index contributed by atoms with van der Waals surface area (Å²) >= 11 is 0. The van der Waals surface area contributed by atoms with Gasteiger partial charge in [-0.3, -0.25) is 0 Å². The molecule has 0 saturated carbocycles.